The van der Waals surface area contributed by atoms with Gasteiger partial charge >= 0.3 is 11.9 Å². The van der Waals surface area contributed by atoms with Crippen LogP contribution in [0.2, 0.25) is 0 Å². The third kappa shape index (κ3) is 3.95. The SMILES string of the molecule is CCOC(=O)c1sc(N2C(=O)C(=O)C(=C(O)c3ccc(C)cc3)[C@@H]2c2ccc(C)o2)nc1C. The van der Waals surface area contributed by atoms with Gasteiger partial charge in [-0.15, -0.1) is 0 Å². The van der Waals surface area contributed by atoms with Crippen molar-refractivity contribution in [2.24, 2.45) is 0 Å². The smallest absolute Gasteiger partial charge is 0.350 e. The van der Waals surface area contributed by atoms with Gasteiger partial charge in [0.15, 0.2) is 5.13 Å². The molecule has 0 aliphatic carbocycles. The third-order valence-electron chi connectivity index (χ3n) is 5.25. The molecular weight excluding hydrogens is 444 g/mol. The van der Waals surface area contributed by atoms with Crippen molar-refractivity contribution in [1.29, 1.82) is 0 Å². The van der Waals surface area contributed by atoms with Crippen molar-refractivity contribution < 1.29 is 28.6 Å². The van der Waals surface area contributed by atoms with E-state index in [9.17, 15) is 19.5 Å². The van der Waals surface area contributed by atoms with Gasteiger partial charge in [0.25, 0.3) is 5.78 Å². The fraction of sp³-hybridized carbons (Fsp3) is 0.250. The zero-order valence-electron chi connectivity index (χ0n) is 18.5. The molecule has 33 heavy (non-hydrogen) atoms. The Morgan fingerprint density at radius 2 is 1.85 bits per heavy atom. The highest BCUT2D eigenvalue weighted by Gasteiger charge is 2.49. The first-order valence-corrected chi connectivity index (χ1v) is 11.1. The van der Waals surface area contributed by atoms with Crippen LogP contribution < -0.4 is 4.90 Å². The summed E-state index contributed by atoms with van der Waals surface area (Å²) < 4.78 is 10.8. The van der Waals surface area contributed by atoms with E-state index >= 15 is 0 Å². The first kappa shape index (κ1) is 22.5. The molecule has 0 spiro atoms. The van der Waals surface area contributed by atoms with Gasteiger partial charge in [0, 0.05) is 5.56 Å². The number of esters is 1. The number of carbonyl (C=O) groups is 3. The number of carbonyl (C=O) groups excluding carboxylic acids is 3. The number of aliphatic hydroxyl groups is 1. The van der Waals surface area contributed by atoms with Crippen molar-refractivity contribution >= 4 is 39.9 Å². The van der Waals surface area contributed by atoms with Crippen LogP contribution in [0.15, 0.2) is 46.4 Å². The highest BCUT2D eigenvalue weighted by atomic mass is 32.1. The predicted octanol–water partition coefficient (Wildman–Crippen LogP) is 4.46. The summed E-state index contributed by atoms with van der Waals surface area (Å²) >= 11 is 0.949. The van der Waals surface area contributed by atoms with E-state index in [1.54, 1.807) is 57.2 Å². The van der Waals surface area contributed by atoms with Crippen molar-refractivity contribution in [3.63, 3.8) is 0 Å². The molecule has 0 saturated carbocycles. The quantitative estimate of drug-likeness (QED) is 0.256. The zero-order chi connectivity index (χ0) is 23.9. The van der Waals surface area contributed by atoms with Crippen LogP contribution in [0.1, 0.15) is 51.0 Å². The number of aryl methyl sites for hydroxylation is 3. The maximum atomic E-state index is 13.2. The number of ether oxygens (including phenoxy) is 1. The lowest BCUT2D eigenvalue weighted by atomic mass is 9.99. The molecule has 2 aromatic heterocycles. The zero-order valence-corrected chi connectivity index (χ0v) is 19.4. The van der Waals surface area contributed by atoms with Gasteiger partial charge in [0.2, 0.25) is 0 Å². The number of furan rings is 1. The summed E-state index contributed by atoms with van der Waals surface area (Å²) in [5.74, 6) is -1.72. The molecule has 0 radical (unpaired) electrons. The summed E-state index contributed by atoms with van der Waals surface area (Å²) in [6.45, 7) is 7.15. The van der Waals surface area contributed by atoms with Gasteiger partial charge in [0.1, 0.15) is 28.2 Å². The van der Waals surface area contributed by atoms with E-state index in [1.807, 2.05) is 6.92 Å². The van der Waals surface area contributed by atoms with Crippen molar-refractivity contribution in [2.45, 2.75) is 33.7 Å². The molecule has 1 N–H and O–H groups in total. The summed E-state index contributed by atoms with van der Waals surface area (Å²) in [5, 5.41) is 11.2. The maximum Gasteiger partial charge on any atom is 0.350 e. The first-order chi connectivity index (χ1) is 15.7. The van der Waals surface area contributed by atoms with Crippen LogP contribution in [0, 0.1) is 20.8 Å². The minimum atomic E-state index is -1.04. The number of nitrogens with zero attached hydrogens (tertiary/aromatic N) is 2. The Bertz CT molecular complexity index is 1280. The number of amides is 1. The summed E-state index contributed by atoms with van der Waals surface area (Å²) in [6.07, 6.45) is 0. The van der Waals surface area contributed by atoms with Gasteiger partial charge in [-0.3, -0.25) is 14.5 Å². The van der Waals surface area contributed by atoms with Crippen LogP contribution in [-0.2, 0) is 14.3 Å². The minimum absolute atomic E-state index is 0.108. The number of anilines is 1. The summed E-state index contributed by atoms with van der Waals surface area (Å²) in [4.78, 5) is 44.3. The molecular formula is C24H22N2O6S. The van der Waals surface area contributed by atoms with E-state index in [0.29, 0.717) is 22.8 Å². The number of thiazole rings is 1. The molecule has 8 nitrogen and oxygen atoms in total. The van der Waals surface area contributed by atoms with Gasteiger partial charge in [-0.05, 0) is 39.8 Å². The van der Waals surface area contributed by atoms with E-state index in [2.05, 4.69) is 4.98 Å². The largest absolute Gasteiger partial charge is 0.507 e. The van der Waals surface area contributed by atoms with Crippen LogP contribution in [-0.4, -0.2) is 34.4 Å². The van der Waals surface area contributed by atoms with E-state index in [1.165, 1.54) is 4.90 Å². The molecule has 1 saturated heterocycles. The van der Waals surface area contributed by atoms with Crippen LogP contribution in [0.3, 0.4) is 0 Å². The molecule has 170 valence electrons. The molecule has 1 aromatic carbocycles. The Balaban J connectivity index is 1.89. The summed E-state index contributed by atoms with van der Waals surface area (Å²) in [6, 6.07) is 9.26. The molecule has 3 aromatic rings. The van der Waals surface area contributed by atoms with E-state index < -0.39 is 23.7 Å². The van der Waals surface area contributed by atoms with E-state index in [0.717, 1.165) is 16.9 Å². The topological polar surface area (TPSA) is 110 Å². The van der Waals surface area contributed by atoms with Crippen molar-refractivity contribution in [3.8, 4) is 0 Å². The second kappa shape index (κ2) is 8.67. The molecule has 1 amide bonds. The lowest BCUT2D eigenvalue weighted by Gasteiger charge is -2.20. The molecule has 4 rings (SSSR count). The number of hydrogen-bond acceptors (Lipinski definition) is 8. The normalized spacial score (nSPS) is 17.6. The maximum absolute atomic E-state index is 13.2. The Kier molecular flexibility index (Phi) is 5.90. The number of aromatic nitrogens is 1. The van der Waals surface area contributed by atoms with Gasteiger partial charge in [-0.25, -0.2) is 9.78 Å². The number of ketones is 1. The third-order valence-corrected chi connectivity index (χ3v) is 6.39. The Labute approximate surface area is 194 Å². The van der Waals surface area contributed by atoms with Gasteiger partial charge < -0.3 is 14.3 Å². The number of rotatable bonds is 5. The molecule has 1 aliphatic heterocycles. The highest BCUT2D eigenvalue weighted by Crippen LogP contribution is 2.44. The first-order valence-electron chi connectivity index (χ1n) is 10.3. The monoisotopic (exact) mass is 466 g/mol. The molecule has 9 heteroatoms. The fourth-order valence-electron chi connectivity index (χ4n) is 3.64. The number of hydrogen-bond donors (Lipinski definition) is 1. The van der Waals surface area contributed by atoms with Crippen molar-refractivity contribution in [1.82, 2.24) is 4.98 Å². The molecule has 1 atom stereocenters. The van der Waals surface area contributed by atoms with Crippen LogP contribution in [0.25, 0.3) is 5.76 Å². The highest BCUT2D eigenvalue weighted by molar-refractivity contribution is 7.17. The van der Waals surface area contributed by atoms with Crippen molar-refractivity contribution in [3.05, 3.63) is 75.2 Å². The van der Waals surface area contributed by atoms with E-state index in [4.69, 9.17) is 9.15 Å². The molecule has 1 aliphatic rings. The second-order valence-corrected chi connectivity index (χ2v) is 8.59. The summed E-state index contributed by atoms with van der Waals surface area (Å²) in [5.41, 5.74) is 1.65. The molecule has 0 unspecified atom stereocenters. The van der Waals surface area contributed by atoms with Gasteiger partial charge in [0.05, 0.1) is 17.9 Å². The average Bonchev–Trinajstić information content (AvgIpc) is 3.44. The molecule has 3 heterocycles. The molecule has 1 fully saturated rings. The van der Waals surface area contributed by atoms with Crippen molar-refractivity contribution in [2.75, 3.05) is 11.5 Å². The van der Waals surface area contributed by atoms with E-state index in [-0.39, 0.29) is 27.9 Å². The minimum Gasteiger partial charge on any atom is -0.507 e. The number of Topliss-reactive ketones (excluding diaryl/α,β-unsaturated/α-hetero) is 1. The van der Waals surface area contributed by atoms with Crippen LogP contribution >= 0.6 is 11.3 Å². The number of aliphatic hydroxyl groups excluding tert-OH is 1. The Morgan fingerprint density at radius 1 is 1.15 bits per heavy atom. The van der Waals surface area contributed by atoms with Gasteiger partial charge in [-0.2, -0.15) is 0 Å². The number of benzene rings is 1. The second-order valence-electron chi connectivity index (χ2n) is 7.61. The van der Waals surface area contributed by atoms with Crippen LogP contribution in [0.4, 0.5) is 5.13 Å². The lowest BCUT2D eigenvalue weighted by Crippen LogP contribution is -2.29. The Morgan fingerprint density at radius 3 is 2.45 bits per heavy atom. The lowest BCUT2D eigenvalue weighted by molar-refractivity contribution is -0.132. The standard InChI is InChI=1S/C24H22N2O6S/c1-5-31-23(30)21-14(4)25-24(33-21)26-18(16-11-8-13(3)32-16)17(20(28)22(26)29)19(27)15-9-6-12(2)7-10-15/h6-11,18,27H,5H2,1-4H3/t18-/m0/s1. The average molecular weight is 467 g/mol. The van der Waals surface area contributed by atoms with Gasteiger partial charge in [-0.1, -0.05) is 41.2 Å². The fourth-order valence-corrected chi connectivity index (χ4v) is 4.62. The Hall–Kier alpha value is -3.72. The van der Waals surface area contributed by atoms with Crippen LogP contribution in [0.5, 0.6) is 0 Å². The summed E-state index contributed by atoms with van der Waals surface area (Å²) in [7, 11) is 0. The predicted molar refractivity (Wildman–Crippen MR) is 122 cm³/mol. The molecule has 0 bridgehead atoms.